The number of hydrogen-bond donors (Lipinski definition) is 2. The average Bonchev–Trinajstić information content (AvgIpc) is 2.92. The van der Waals surface area contributed by atoms with E-state index in [1.54, 1.807) is 12.1 Å². The van der Waals surface area contributed by atoms with E-state index in [0.29, 0.717) is 5.56 Å². The van der Waals surface area contributed by atoms with Crippen molar-refractivity contribution in [2.45, 2.75) is 19.3 Å². The minimum Gasteiger partial charge on any atom is -0.508 e. The lowest BCUT2D eigenvalue weighted by Gasteiger charge is -2.04. The lowest BCUT2D eigenvalue weighted by atomic mass is 10.0. The molecule has 1 aromatic carbocycles. The van der Waals surface area contributed by atoms with Crippen LogP contribution >= 0.6 is 0 Å². The van der Waals surface area contributed by atoms with Crippen LogP contribution in [0.2, 0.25) is 0 Å². The Morgan fingerprint density at radius 3 is 2.71 bits per heavy atom. The van der Waals surface area contributed by atoms with Gasteiger partial charge in [-0.2, -0.15) is 0 Å². The number of hydrogen-bond acceptors (Lipinski definition) is 2. The second kappa shape index (κ2) is 3.33. The molecule has 74 valence electrons. The van der Waals surface area contributed by atoms with Gasteiger partial charge >= 0.3 is 0 Å². The molecule has 1 amide bonds. The van der Waals surface area contributed by atoms with Gasteiger partial charge in [-0.05, 0) is 42.9 Å². The van der Waals surface area contributed by atoms with Gasteiger partial charge in [-0.15, -0.1) is 0 Å². The SMILES string of the molecule is NC(=O)c1ccc(CC2CC2)c(O)c1. The van der Waals surface area contributed by atoms with Crippen LogP contribution in [0.4, 0.5) is 0 Å². The second-order valence-electron chi connectivity index (χ2n) is 3.86. The molecule has 0 atom stereocenters. The van der Waals surface area contributed by atoms with Crippen LogP contribution in [0.3, 0.4) is 0 Å². The molecule has 0 aliphatic heterocycles. The zero-order valence-corrected chi connectivity index (χ0v) is 7.86. The van der Waals surface area contributed by atoms with Crippen LogP contribution in [0.5, 0.6) is 5.75 Å². The molecule has 0 spiro atoms. The lowest BCUT2D eigenvalue weighted by molar-refractivity contribution is 0.1000. The summed E-state index contributed by atoms with van der Waals surface area (Å²) in [6, 6.07) is 4.90. The maximum atomic E-state index is 10.8. The van der Waals surface area contributed by atoms with Gasteiger partial charge in [0.25, 0.3) is 0 Å². The highest BCUT2D eigenvalue weighted by Gasteiger charge is 2.22. The molecule has 1 aromatic rings. The van der Waals surface area contributed by atoms with Crippen molar-refractivity contribution in [2.75, 3.05) is 0 Å². The molecule has 3 N–H and O–H groups in total. The zero-order chi connectivity index (χ0) is 10.1. The quantitative estimate of drug-likeness (QED) is 0.759. The van der Waals surface area contributed by atoms with E-state index in [0.717, 1.165) is 17.9 Å². The Balaban J connectivity index is 2.21. The Morgan fingerprint density at radius 1 is 1.50 bits per heavy atom. The molecule has 1 fully saturated rings. The summed E-state index contributed by atoms with van der Waals surface area (Å²) >= 11 is 0. The van der Waals surface area contributed by atoms with Gasteiger partial charge in [0.1, 0.15) is 5.75 Å². The number of rotatable bonds is 3. The maximum Gasteiger partial charge on any atom is 0.248 e. The smallest absolute Gasteiger partial charge is 0.248 e. The number of nitrogens with two attached hydrogens (primary N) is 1. The summed E-state index contributed by atoms with van der Waals surface area (Å²) in [4.78, 5) is 10.8. The molecule has 3 heteroatoms. The standard InChI is InChI=1S/C11H13NO2/c12-11(14)9-4-3-8(10(13)6-9)5-7-1-2-7/h3-4,6-7,13H,1-2,5H2,(H2,12,14). The molecule has 3 nitrogen and oxygen atoms in total. The second-order valence-corrected chi connectivity index (χ2v) is 3.86. The molecule has 2 rings (SSSR count). The molecule has 0 radical (unpaired) electrons. The van der Waals surface area contributed by atoms with Crippen molar-refractivity contribution in [1.29, 1.82) is 0 Å². The minimum atomic E-state index is -0.502. The number of aromatic hydroxyl groups is 1. The number of carbonyl (C=O) groups excluding carboxylic acids is 1. The van der Waals surface area contributed by atoms with Crippen LogP contribution < -0.4 is 5.73 Å². The third-order valence-corrected chi connectivity index (χ3v) is 2.58. The predicted octanol–water partition coefficient (Wildman–Crippen LogP) is 1.44. The molecule has 1 saturated carbocycles. The van der Waals surface area contributed by atoms with Gasteiger partial charge in [-0.25, -0.2) is 0 Å². The Morgan fingerprint density at radius 2 is 2.21 bits per heavy atom. The largest absolute Gasteiger partial charge is 0.508 e. The lowest BCUT2D eigenvalue weighted by Crippen LogP contribution is -2.10. The van der Waals surface area contributed by atoms with Gasteiger partial charge in [0.15, 0.2) is 0 Å². The zero-order valence-electron chi connectivity index (χ0n) is 7.86. The van der Waals surface area contributed by atoms with E-state index in [4.69, 9.17) is 5.73 Å². The van der Waals surface area contributed by atoms with Crippen molar-refractivity contribution >= 4 is 5.91 Å². The Kier molecular flexibility index (Phi) is 2.15. The number of phenolic OH excluding ortho intramolecular Hbond substituents is 1. The van der Waals surface area contributed by atoms with Crippen LogP contribution in [-0.2, 0) is 6.42 Å². The van der Waals surface area contributed by atoms with E-state index in [2.05, 4.69) is 0 Å². The topological polar surface area (TPSA) is 63.3 Å². The van der Waals surface area contributed by atoms with Gasteiger partial charge in [-0.3, -0.25) is 4.79 Å². The summed E-state index contributed by atoms with van der Waals surface area (Å²) in [6.07, 6.45) is 3.40. The van der Waals surface area contributed by atoms with E-state index in [9.17, 15) is 9.90 Å². The van der Waals surface area contributed by atoms with Crippen LogP contribution in [0.15, 0.2) is 18.2 Å². The van der Waals surface area contributed by atoms with Gasteiger partial charge in [0.05, 0.1) is 0 Å². The van der Waals surface area contributed by atoms with Crippen LogP contribution in [0, 0.1) is 5.92 Å². The maximum absolute atomic E-state index is 10.8. The van der Waals surface area contributed by atoms with Crippen LogP contribution in [0.25, 0.3) is 0 Å². The molecule has 0 unspecified atom stereocenters. The molecule has 0 saturated heterocycles. The van der Waals surface area contributed by atoms with Crippen LogP contribution in [-0.4, -0.2) is 11.0 Å². The van der Waals surface area contributed by atoms with E-state index in [1.807, 2.05) is 0 Å². The molecule has 0 aromatic heterocycles. The van der Waals surface area contributed by atoms with Gasteiger partial charge < -0.3 is 10.8 Å². The molecule has 14 heavy (non-hydrogen) atoms. The normalized spacial score (nSPS) is 15.4. The van der Waals surface area contributed by atoms with Crippen LogP contribution in [0.1, 0.15) is 28.8 Å². The van der Waals surface area contributed by atoms with Gasteiger partial charge in [-0.1, -0.05) is 6.07 Å². The predicted molar refractivity (Wildman–Crippen MR) is 53.1 cm³/mol. The number of primary amides is 1. The Bertz CT molecular complexity index is 370. The summed E-state index contributed by atoms with van der Waals surface area (Å²) in [5, 5.41) is 9.61. The first-order chi connectivity index (χ1) is 6.66. The third-order valence-electron chi connectivity index (χ3n) is 2.58. The van der Waals surface area contributed by atoms with E-state index >= 15 is 0 Å². The fraction of sp³-hybridized carbons (Fsp3) is 0.364. The average molecular weight is 191 g/mol. The van der Waals surface area contributed by atoms with Crippen molar-refractivity contribution in [3.63, 3.8) is 0 Å². The molecule has 0 heterocycles. The highest BCUT2D eigenvalue weighted by atomic mass is 16.3. The van der Waals surface area contributed by atoms with Crippen molar-refractivity contribution in [2.24, 2.45) is 11.7 Å². The van der Waals surface area contributed by atoms with Crippen molar-refractivity contribution in [3.8, 4) is 5.75 Å². The number of benzene rings is 1. The minimum absolute atomic E-state index is 0.188. The monoisotopic (exact) mass is 191 g/mol. The summed E-state index contributed by atoms with van der Waals surface area (Å²) in [6.45, 7) is 0. The third kappa shape index (κ3) is 1.87. The van der Waals surface area contributed by atoms with Gasteiger partial charge in [0.2, 0.25) is 5.91 Å². The first kappa shape index (κ1) is 9.06. The first-order valence-corrected chi connectivity index (χ1v) is 4.78. The first-order valence-electron chi connectivity index (χ1n) is 4.78. The molecule has 0 bridgehead atoms. The Hall–Kier alpha value is -1.51. The van der Waals surface area contributed by atoms with E-state index in [-0.39, 0.29) is 5.75 Å². The molecule has 1 aliphatic rings. The fourth-order valence-electron chi connectivity index (χ4n) is 1.52. The Labute approximate surface area is 82.5 Å². The highest BCUT2D eigenvalue weighted by molar-refractivity contribution is 5.93. The summed E-state index contributed by atoms with van der Waals surface area (Å²) < 4.78 is 0. The van der Waals surface area contributed by atoms with Crippen molar-refractivity contribution in [3.05, 3.63) is 29.3 Å². The number of phenols is 1. The van der Waals surface area contributed by atoms with Crippen molar-refractivity contribution in [1.82, 2.24) is 0 Å². The molecule has 1 aliphatic carbocycles. The van der Waals surface area contributed by atoms with Gasteiger partial charge in [0, 0.05) is 5.56 Å². The molecular formula is C11H13NO2. The fourth-order valence-corrected chi connectivity index (χ4v) is 1.52. The number of carbonyl (C=O) groups is 1. The summed E-state index contributed by atoms with van der Waals surface area (Å²) in [7, 11) is 0. The van der Waals surface area contributed by atoms with E-state index < -0.39 is 5.91 Å². The number of amides is 1. The van der Waals surface area contributed by atoms with E-state index in [1.165, 1.54) is 18.9 Å². The summed E-state index contributed by atoms with van der Waals surface area (Å²) in [5.41, 5.74) is 6.37. The summed E-state index contributed by atoms with van der Waals surface area (Å²) in [5.74, 6) is 0.409. The molecular weight excluding hydrogens is 178 g/mol. The highest BCUT2D eigenvalue weighted by Crippen LogP contribution is 2.35. The van der Waals surface area contributed by atoms with Crippen molar-refractivity contribution < 1.29 is 9.90 Å².